The summed E-state index contributed by atoms with van der Waals surface area (Å²) in [7, 11) is -5.18. The quantitative estimate of drug-likeness (QED) is 0.0766. The lowest BCUT2D eigenvalue weighted by atomic mass is 9.80. The molecule has 0 aliphatic carbocycles. The molecule has 6 N–H and O–H groups in total. The molecular formula is C27H21B3O12. The van der Waals surface area contributed by atoms with Crippen molar-refractivity contribution in [3.05, 3.63) is 108 Å². The van der Waals surface area contributed by atoms with Gasteiger partial charge in [-0.2, -0.15) is 0 Å². The monoisotopic (exact) mass is 570 g/mol. The number of hydrogen-bond acceptors (Lipinski definition) is 12. The molecular weight excluding hydrogens is 549 g/mol. The molecule has 0 heterocycles. The molecule has 0 aliphatic heterocycles. The van der Waals surface area contributed by atoms with E-state index in [1.807, 2.05) is 0 Å². The van der Waals surface area contributed by atoms with Gasteiger partial charge in [-0.15, -0.1) is 0 Å². The van der Waals surface area contributed by atoms with E-state index >= 15 is 0 Å². The lowest BCUT2D eigenvalue weighted by Gasteiger charge is -2.12. The standard InChI is InChI=1S/C27H21B3O12/c31-25(16-1-7-19(8-2-16)28(34)35)40-22-13-23(41-26(32)17-3-9-20(10-4-17)29(36)37)15-24(14-22)42-27(33)18-5-11-21(12-6-18)30(38)39/h1-15,34-39H. The molecule has 0 radical (unpaired) electrons. The molecule has 0 unspecified atom stereocenters. The molecule has 0 bridgehead atoms. The van der Waals surface area contributed by atoms with Crippen LogP contribution in [0.4, 0.5) is 0 Å². The van der Waals surface area contributed by atoms with Gasteiger partial charge in [0.1, 0.15) is 17.2 Å². The zero-order chi connectivity index (χ0) is 30.4. The Morgan fingerprint density at radius 3 is 0.810 bits per heavy atom. The number of esters is 3. The average molecular weight is 570 g/mol. The molecule has 0 atom stereocenters. The van der Waals surface area contributed by atoms with Crippen molar-refractivity contribution in [2.24, 2.45) is 0 Å². The molecule has 0 fully saturated rings. The van der Waals surface area contributed by atoms with Crippen LogP contribution in [-0.2, 0) is 0 Å². The number of carbonyl (C=O) groups is 3. The topological polar surface area (TPSA) is 200 Å². The first-order valence-electron chi connectivity index (χ1n) is 12.2. The highest BCUT2D eigenvalue weighted by atomic mass is 16.6. The largest absolute Gasteiger partial charge is 0.488 e. The van der Waals surface area contributed by atoms with Crippen LogP contribution in [0.1, 0.15) is 31.1 Å². The summed E-state index contributed by atoms with van der Waals surface area (Å²) in [5.41, 5.74) is 0.612. The zero-order valence-corrected chi connectivity index (χ0v) is 21.5. The minimum atomic E-state index is -1.73. The van der Waals surface area contributed by atoms with Gasteiger partial charge in [0, 0.05) is 18.2 Å². The molecule has 0 aromatic heterocycles. The van der Waals surface area contributed by atoms with E-state index in [1.54, 1.807) is 0 Å². The number of hydrogen-bond donors (Lipinski definition) is 6. The van der Waals surface area contributed by atoms with Gasteiger partial charge in [0.2, 0.25) is 0 Å². The van der Waals surface area contributed by atoms with Crippen LogP contribution in [-0.4, -0.2) is 69.4 Å². The Labute approximate surface area is 239 Å². The van der Waals surface area contributed by atoms with E-state index in [0.29, 0.717) is 0 Å². The fraction of sp³-hybridized carbons (Fsp3) is 0. The minimum absolute atomic E-state index is 0.0534. The van der Waals surface area contributed by atoms with E-state index < -0.39 is 39.3 Å². The van der Waals surface area contributed by atoms with Crippen molar-refractivity contribution in [2.45, 2.75) is 0 Å². The average Bonchev–Trinajstić information content (AvgIpc) is 2.97. The maximum absolute atomic E-state index is 12.7. The summed E-state index contributed by atoms with van der Waals surface area (Å²) >= 11 is 0. The lowest BCUT2D eigenvalue weighted by molar-refractivity contribution is 0.0730. The fourth-order valence-corrected chi connectivity index (χ4v) is 3.59. The van der Waals surface area contributed by atoms with Gasteiger partial charge in [-0.05, 0) is 52.8 Å². The predicted molar refractivity (Wildman–Crippen MR) is 150 cm³/mol. The number of benzene rings is 4. The third-order valence-electron chi connectivity index (χ3n) is 5.82. The van der Waals surface area contributed by atoms with E-state index in [4.69, 9.17) is 14.2 Å². The van der Waals surface area contributed by atoms with E-state index in [2.05, 4.69) is 0 Å². The minimum Gasteiger partial charge on any atom is -0.423 e. The second-order valence-electron chi connectivity index (χ2n) is 8.80. The first-order valence-corrected chi connectivity index (χ1v) is 12.2. The van der Waals surface area contributed by atoms with E-state index in [9.17, 15) is 44.5 Å². The lowest BCUT2D eigenvalue weighted by Crippen LogP contribution is -2.29. The number of ether oxygens (including phenoxy) is 3. The molecule has 4 aromatic rings. The molecule has 210 valence electrons. The van der Waals surface area contributed by atoms with Gasteiger partial charge in [-0.1, -0.05) is 36.4 Å². The molecule has 0 spiro atoms. The van der Waals surface area contributed by atoms with Crippen molar-refractivity contribution in [3.8, 4) is 17.2 Å². The van der Waals surface area contributed by atoms with Crippen LogP contribution in [0.25, 0.3) is 0 Å². The Kier molecular flexibility index (Phi) is 9.55. The van der Waals surface area contributed by atoms with Gasteiger partial charge < -0.3 is 44.4 Å². The van der Waals surface area contributed by atoms with E-state index in [0.717, 1.165) is 0 Å². The Hall–Kier alpha value is -4.76. The van der Waals surface area contributed by atoms with Gasteiger partial charge >= 0.3 is 39.3 Å². The van der Waals surface area contributed by atoms with Gasteiger partial charge in [0.25, 0.3) is 0 Å². The van der Waals surface area contributed by atoms with Gasteiger partial charge in [0.05, 0.1) is 16.7 Å². The van der Waals surface area contributed by atoms with Crippen LogP contribution in [0.15, 0.2) is 91.0 Å². The zero-order valence-electron chi connectivity index (χ0n) is 21.5. The Balaban J connectivity index is 1.59. The van der Waals surface area contributed by atoms with Crippen molar-refractivity contribution in [3.63, 3.8) is 0 Å². The Morgan fingerprint density at radius 1 is 0.405 bits per heavy atom. The summed E-state index contributed by atoms with van der Waals surface area (Å²) in [6.07, 6.45) is 0. The van der Waals surface area contributed by atoms with Gasteiger partial charge in [-0.25, -0.2) is 14.4 Å². The van der Waals surface area contributed by atoms with Crippen molar-refractivity contribution >= 4 is 55.7 Å². The van der Waals surface area contributed by atoms with Crippen LogP contribution in [0.3, 0.4) is 0 Å². The summed E-state index contributed by atoms with van der Waals surface area (Å²) in [5.74, 6) is -3.08. The molecule has 0 saturated carbocycles. The van der Waals surface area contributed by atoms with Crippen LogP contribution >= 0.6 is 0 Å². The molecule has 12 nitrogen and oxygen atoms in total. The van der Waals surface area contributed by atoms with Crippen LogP contribution in [0, 0.1) is 0 Å². The molecule has 4 aromatic carbocycles. The maximum atomic E-state index is 12.7. The van der Waals surface area contributed by atoms with Crippen LogP contribution in [0.5, 0.6) is 17.2 Å². The summed E-state index contributed by atoms with van der Waals surface area (Å²) in [4.78, 5) is 38.2. The summed E-state index contributed by atoms with van der Waals surface area (Å²) in [6, 6.07) is 19.3. The van der Waals surface area contributed by atoms with E-state index in [-0.39, 0.29) is 50.3 Å². The molecule has 4 rings (SSSR count). The Morgan fingerprint density at radius 2 is 0.619 bits per heavy atom. The highest BCUT2D eigenvalue weighted by Crippen LogP contribution is 2.30. The number of rotatable bonds is 9. The van der Waals surface area contributed by atoms with Crippen molar-refractivity contribution in [1.29, 1.82) is 0 Å². The normalized spacial score (nSPS) is 10.4. The van der Waals surface area contributed by atoms with Crippen molar-refractivity contribution < 1.29 is 58.7 Å². The third-order valence-corrected chi connectivity index (χ3v) is 5.82. The highest BCUT2D eigenvalue weighted by molar-refractivity contribution is 6.59. The Bertz CT molecular complexity index is 1370. The molecule has 42 heavy (non-hydrogen) atoms. The third kappa shape index (κ3) is 7.70. The highest BCUT2D eigenvalue weighted by Gasteiger charge is 2.19. The fourth-order valence-electron chi connectivity index (χ4n) is 3.59. The van der Waals surface area contributed by atoms with Crippen molar-refractivity contribution in [1.82, 2.24) is 0 Å². The van der Waals surface area contributed by atoms with Crippen LogP contribution in [0.2, 0.25) is 0 Å². The SMILES string of the molecule is O=C(Oc1cc(OC(=O)c2ccc(B(O)O)cc2)cc(OC(=O)c2ccc(B(O)O)cc2)c1)c1ccc(B(O)O)cc1. The first kappa shape index (κ1) is 30.2. The molecule has 0 aliphatic rings. The van der Waals surface area contributed by atoms with E-state index in [1.165, 1.54) is 91.0 Å². The summed E-state index contributed by atoms with van der Waals surface area (Å²) < 4.78 is 16.1. The smallest absolute Gasteiger partial charge is 0.423 e. The maximum Gasteiger partial charge on any atom is 0.488 e. The van der Waals surface area contributed by atoms with Crippen LogP contribution < -0.4 is 30.6 Å². The molecule has 0 amide bonds. The van der Waals surface area contributed by atoms with Crippen molar-refractivity contribution in [2.75, 3.05) is 0 Å². The molecule has 15 heteroatoms. The second kappa shape index (κ2) is 13.3. The van der Waals surface area contributed by atoms with Gasteiger partial charge in [-0.3, -0.25) is 0 Å². The first-order chi connectivity index (χ1) is 20.0. The number of carbonyl (C=O) groups excluding carboxylic acids is 3. The second-order valence-corrected chi connectivity index (χ2v) is 8.80. The summed E-state index contributed by atoms with van der Waals surface area (Å²) in [6.45, 7) is 0. The summed E-state index contributed by atoms with van der Waals surface area (Å²) in [5, 5.41) is 55.5. The predicted octanol–water partition coefficient (Wildman–Crippen LogP) is -1.62. The van der Waals surface area contributed by atoms with Gasteiger partial charge in [0.15, 0.2) is 0 Å². The molecule has 0 saturated heterocycles.